The van der Waals surface area contributed by atoms with Crippen molar-refractivity contribution in [2.45, 2.75) is 26.0 Å². The summed E-state index contributed by atoms with van der Waals surface area (Å²) in [5.74, 6) is 2.75. The third-order valence-corrected chi connectivity index (χ3v) is 2.20. The standard InChI is InChI=1S/C13H15F2NO/c1-3-9-16-12(4-2)10-5-7-11(8-6-10)17-13(14)15/h2,5-8,12-13,16H,3,9H2,1H3. The first-order chi connectivity index (χ1) is 8.17. The second-order valence-electron chi connectivity index (χ2n) is 3.50. The molecule has 1 aromatic carbocycles. The van der Waals surface area contributed by atoms with Gasteiger partial charge in [-0.1, -0.05) is 25.0 Å². The Kier molecular flexibility index (Phi) is 5.44. The SMILES string of the molecule is C#CC(NCCC)c1ccc(OC(F)F)cc1. The van der Waals surface area contributed by atoms with Crippen molar-refractivity contribution in [3.05, 3.63) is 29.8 Å². The molecule has 0 aromatic heterocycles. The highest BCUT2D eigenvalue weighted by atomic mass is 19.3. The van der Waals surface area contributed by atoms with Gasteiger partial charge in [-0.2, -0.15) is 8.78 Å². The molecule has 17 heavy (non-hydrogen) atoms. The summed E-state index contributed by atoms with van der Waals surface area (Å²) in [6.07, 6.45) is 6.38. The van der Waals surface area contributed by atoms with Gasteiger partial charge in [0.05, 0.1) is 6.04 Å². The number of halogens is 2. The number of hydrogen-bond acceptors (Lipinski definition) is 2. The first-order valence-electron chi connectivity index (χ1n) is 5.41. The number of alkyl halides is 2. The Morgan fingerprint density at radius 3 is 2.47 bits per heavy atom. The molecular formula is C13H15F2NO. The van der Waals surface area contributed by atoms with Gasteiger partial charge in [0, 0.05) is 0 Å². The fourth-order valence-electron chi connectivity index (χ4n) is 1.40. The number of ether oxygens (including phenoxy) is 1. The monoisotopic (exact) mass is 239 g/mol. The van der Waals surface area contributed by atoms with Crippen molar-refractivity contribution < 1.29 is 13.5 Å². The van der Waals surface area contributed by atoms with E-state index in [-0.39, 0.29) is 11.8 Å². The lowest BCUT2D eigenvalue weighted by Gasteiger charge is -2.13. The van der Waals surface area contributed by atoms with Gasteiger partial charge >= 0.3 is 6.61 Å². The van der Waals surface area contributed by atoms with Crippen LogP contribution in [-0.4, -0.2) is 13.2 Å². The summed E-state index contributed by atoms with van der Waals surface area (Å²) in [4.78, 5) is 0. The van der Waals surface area contributed by atoms with Crippen LogP contribution in [0.1, 0.15) is 24.9 Å². The van der Waals surface area contributed by atoms with Gasteiger partial charge in [0.1, 0.15) is 5.75 Å². The second-order valence-corrected chi connectivity index (χ2v) is 3.50. The molecule has 4 heteroatoms. The van der Waals surface area contributed by atoms with E-state index in [4.69, 9.17) is 6.42 Å². The van der Waals surface area contributed by atoms with Crippen LogP contribution in [0.2, 0.25) is 0 Å². The molecule has 2 nitrogen and oxygen atoms in total. The van der Waals surface area contributed by atoms with E-state index < -0.39 is 6.61 Å². The highest BCUT2D eigenvalue weighted by Gasteiger charge is 2.08. The van der Waals surface area contributed by atoms with Crippen LogP contribution >= 0.6 is 0 Å². The summed E-state index contributed by atoms with van der Waals surface area (Å²) < 4.78 is 28.1. The molecular weight excluding hydrogens is 224 g/mol. The van der Waals surface area contributed by atoms with Crippen molar-refractivity contribution >= 4 is 0 Å². The van der Waals surface area contributed by atoms with Gasteiger partial charge in [-0.25, -0.2) is 0 Å². The van der Waals surface area contributed by atoms with Gasteiger partial charge in [0.15, 0.2) is 0 Å². The van der Waals surface area contributed by atoms with Crippen molar-refractivity contribution in [1.29, 1.82) is 0 Å². The van der Waals surface area contributed by atoms with Crippen LogP contribution in [0.4, 0.5) is 8.78 Å². The largest absolute Gasteiger partial charge is 0.435 e. The topological polar surface area (TPSA) is 21.3 Å². The molecule has 0 aliphatic rings. The molecule has 0 aliphatic carbocycles. The van der Waals surface area contributed by atoms with E-state index in [0.29, 0.717) is 0 Å². The van der Waals surface area contributed by atoms with Crippen molar-refractivity contribution in [2.75, 3.05) is 6.54 Å². The second kappa shape index (κ2) is 6.87. The molecule has 1 atom stereocenters. The van der Waals surface area contributed by atoms with Crippen molar-refractivity contribution in [1.82, 2.24) is 5.32 Å². The minimum absolute atomic E-state index is 0.134. The molecule has 1 aromatic rings. The first-order valence-corrected chi connectivity index (χ1v) is 5.41. The van der Waals surface area contributed by atoms with Gasteiger partial charge in [0.25, 0.3) is 0 Å². The highest BCUT2D eigenvalue weighted by Crippen LogP contribution is 2.18. The lowest BCUT2D eigenvalue weighted by molar-refractivity contribution is -0.0498. The lowest BCUT2D eigenvalue weighted by Crippen LogP contribution is -2.20. The van der Waals surface area contributed by atoms with Crippen LogP contribution in [0.5, 0.6) is 5.75 Å². The van der Waals surface area contributed by atoms with Gasteiger partial charge in [-0.3, -0.25) is 0 Å². The third-order valence-electron chi connectivity index (χ3n) is 2.20. The molecule has 0 radical (unpaired) electrons. The zero-order valence-electron chi connectivity index (χ0n) is 9.62. The summed E-state index contributed by atoms with van der Waals surface area (Å²) in [6, 6.07) is 6.14. The predicted octanol–water partition coefficient (Wildman–Crippen LogP) is 2.96. The average Bonchev–Trinajstić information content (AvgIpc) is 2.31. The molecule has 0 aliphatic heterocycles. The Hall–Kier alpha value is -1.60. The molecule has 0 spiro atoms. The first kappa shape index (κ1) is 13.5. The maximum absolute atomic E-state index is 11.9. The maximum atomic E-state index is 11.9. The Morgan fingerprint density at radius 1 is 1.35 bits per heavy atom. The Morgan fingerprint density at radius 2 is 2.00 bits per heavy atom. The van der Waals surface area contributed by atoms with Gasteiger partial charge in [0.2, 0.25) is 0 Å². The zero-order valence-corrected chi connectivity index (χ0v) is 9.62. The lowest BCUT2D eigenvalue weighted by atomic mass is 10.1. The number of rotatable bonds is 6. The molecule has 0 heterocycles. The van der Waals surface area contributed by atoms with E-state index in [1.54, 1.807) is 12.1 Å². The van der Waals surface area contributed by atoms with Crippen LogP contribution in [-0.2, 0) is 0 Å². The summed E-state index contributed by atoms with van der Waals surface area (Å²) in [6.45, 7) is 0.0482. The van der Waals surface area contributed by atoms with E-state index in [1.807, 2.05) is 6.92 Å². The molecule has 1 unspecified atom stereocenters. The molecule has 0 fully saturated rings. The zero-order chi connectivity index (χ0) is 12.7. The van der Waals surface area contributed by atoms with Crippen molar-refractivity contribution in [3.63, 3.8) is 0 Å². The maximum Gasteiger partial charge on any atom is 0.387 e. The Balaban J connectivity index is 2.68. The molecule has 1 N–H and O–H groups in total. The molecule has 0 saturated heterocycles. The summed E-state index contributed by atoms with van der Waals surface area (Å²) in [5.41, 5.74) is 0.863. The van der Waals surface area contributed by atoms with E-state index in [1.165, 1.54) is 12.1 Å². The molecule has 0 amide bonds. The fraction of sp³-hybridized carbons (Fsp3) is 0.385. The van der Waals surface area contributed by atoms with E-state index in [9.17, 15) is 8.78 Å². The number of benzene rings is 1. The summed E-state index contributed by atoms with van der Waals surface area (Å²) in [7, 11) is 0. The van der Waals surface area contributed by atoms with Gasteiger partial charge < -0.3 is 10.1 Å². The molecule has 92 valence electrons. The fourth-order valence-corrected chi connectivity index (χ4v) is 1.40. The number of nitrogens with one attached hydrogen (secondary N) is 1. The van der Waals surface area contributed by atoms with E-state index >= 15 is 0 Å². The smallest absolute Gasteiger partial charge is 0.387 e. The average molecular weight is 239 g/mol. The Labute approximate surface area is 100.0 Å². The Bertz CT molecular complexity index is 370. The number of hydrogen-bond donors (Lipinski definition) is 1. The van der Waals surface area contributed by atoms with Crippen LogP contribution in [0, 0.1) is 12.3 Å². The molecule has 0 saturated carbocycles. The molecule has 1 rings (SSSR count). The highest BCUT2D eigenvalue weighted by molar-refractivity contribution is 5.32. The quantitative estimate of drug-likeness (QED) is 0.771. The summed E-state index contributed by atoms with van der Waals surface area (Å²) in [5, 5.41) is 3.17. The molecule has 0 bridgehead atoms. The minimum Gasteiger partial charge on any atom is -0.435 e. The van der Waals surface area contributed by atoms with Crippen LogP contribution in [0.3, 0.4) is 0 Å². The van der Waals surface area contributed by atoms with Gasteiger partial charge in [-0.15, -0.1) is 6.42 Å². The summed E-state index contributed by atoms with van der Waals surface area (Å²) >= 11 is 0. The van der Waals surface area contributed by atoms with Crippen LogP contribution in [0.25, 0.3) is 0 Å². The third kappa shape index (κ3) is 4.41. The minimum atomic E-state index is -2.80. The van der Waals surface area contributed by atoms with Crippen molar-refractivity contribution in [3.8, 4) is 18.1 Å². The van der Waals surface area contributed by atoms with Crippen LogP contribution < -0.4 is 10.1 Å². The van der Waals surface area contributed by atoms with Crippen LogP contribution in [0.15, 0.2) is 24.3 Å². The van der Waals surface area contributed by atoms with Crippen molar-refractivity contribution in [2.24, 2.45) is 0 Å². The number of terminal acetylenes is 1. The normalized spacial score (nSPS) is 12.2. The van der Waals surface area contributed by atoms with Gasteiger partial charge in [-0.05, 0) is 30.7 Å². The van der Waals surface area contributed by atoms with E-state index in [2.05, 4.69) is 16.0 Å². The van der Waals surface area contributed by atoms with E-state index in [0.717, 1.165) is 18.5 Å². The predicted molar refractivity (Wildman–Crippen MR) is 62.9 cm³/mol.